The van der Waals surface area contributed by atoms with Crippen molar-refractivity contribution in [3.63, 3.8) is 0 Å². The zero-order valence-corrected chi connectivity index (χ0v) is 12.6. The first-order chi connectivity index (χ1) is 10.0. The van der Waals surface area contributed by atoms with E-state index in [2.05, 4.69) is 12.2 Å². The highest BCUT2D eigenvalue weighted by Crippen LogP contribution is 2.23. The molecule has 6 heteroatoms. The molecule has 2 N–H and O–H groups in total. The number of nitro groups is 1. The maximum Gasteiger partial charge on any atom is 0.324 e. The monoisotopic (exact) mass is 306 g/mol. The van der Waals surface area contributed by atoms with Crippen molar-refractivity contribution in [2.45, 2.75) is 32.4 Å². The Balaban J connectivity index is 1.75. The van der Waals surface area contributed by atoms with Crippen LogP contribution in [0.25, 0.3) is 0 Å². The topological polar surface area (TPSA) is 75.4 Å². The second-order valence-corrected chi connectivity index (χ2v) is 6.13. The Morgan fingerprint density at radius 3 is 2.62 bits per heavy atom. The van der Waals surface area contributed by atoms with Gasteiger partial charge in [-0.15, -0.1) is 0 Å². The number of nitrogens with one attached hydrogen (secondary N) is 1. The van der Waals surface area contributed by atoms with Crippen LogP contribution in [0, 0.1) is 10.1 Å². The van der Waals surface area contributed by atoms with E-state index in [1.807, 2.05) is 12.1 Å². The Hall–Kier alpha value is -1.92. The van der Waals surface area contributed by atoms with Gasteiger partial charge in [0.15, 0.2) is 0 Å². The number of phenols is 1. The van der Waals surface area contributed by atoms with Crippen LogP contribution >= 0.6 is 11.3 Å². The van der Waals surface area contributed by atoms with Crippen molar-refractivity contribution in [1.82, 2.24) is 5.32 Å². The second kappa shape index (κ2) is 7.19. The van der Waals surface area contributed by atoms with Crippen LogP contribution in [0.2, 0.25) is 0 Å². The summed E-state index contributed by atoms with van der Waals surface area (Å²) in [6, 6.07) is 10.9. The predicted molar refractivity (Wildman–Crippen MR) is 83.7 cm³/mol. The molecule has 2 aromatic rings. The minimum Gasteiger partial charge on any atom is -0.508 e. The van der Waals surface area contributed by atoms with E-state index in [0.29, 0.717) is 12.6 Å². The SMILES string of the molecule is CC(CCc1ccc(O)cc1)NCc1ccc([N+](=O)[O-])s1. The van der Waals surface area contributed by atoms with Crippen molar-refractivity contribution in [3.8, 4) is 5.75 Å². The smallest absolute Gasteiger partial charge is 0.324 e. The minimum atomic E-state index is -0.359. The summed E-state index contributed by atoms with van der Waals surface area (Å²) in [6.45, 7) is 2.75. The van der Waals surface area contributed by atoms with Gasteiger partial charge < -0.3 is 10.4 Å². The van der Waals surface area contributed by atoms with E-state index >= 15 is 0 Å². The van der Waals surface area contributed by atoms with E-state index < -0.39 is 0 Å². The van der Waals surface area contributed by atoms with Crippen molar-refractivity contribution in [2.75, 3.05) is 0 Å². The molecule has 21 heavy (non-hydrogen) atoms. The van der Waals surface area contributed by atoms with Gasteiger partial charge in [-0.25, -0.2) is 0 Å². The molecule has 0 radical (unpaired) electrons. The molecule has 0 saturated carbocycles. The summed E-state index contributed by atoms with van der Waals surface area (Å²) in [6.07, 6.45) is 1.90. The number of hydrogen-bond donors (Lipinski definition) is 2. The van der Waals surface area contributed by atoms with Gasteiger partial charge in [0.25, 0.3) is 0 Å². The first kappa shape index (κ1) is 15.5. The van der Waals surface area contributed by atoms with Gasteiger partial charge in [0.2, 0.25) is 0 Å². The Bertz CT molecular complexity index is 595. The summed E-state index contributed by atoms with van der Waals surface area (Å²) in [5, 5.41) is 23.4. The fourth-order valence-corrected chi connectivity index (χ4v) is 2.75. The Morgan fingerprint density at radius 2 is 2.00 bits per heavy atom. The molecule has 1 unspecified atom stereocenters. The van der Waals surface area contributed by atoms with Gasteiger partial charge in [-0.3, -0.25) is 10.1 Å². The normalized spacial score (nSPS) is 12.2. The maximum absolute atomic E-state index is 10.6. The summed E-state index contributed by atoms with van der Waals surface area (Å²) < 4.78 is 0. The third-order valence-electron chi connectivity index (χ3n) is 3.25. The molecule has 5 nitrogen and oxygen atoms in total. The zero-order chi connectivity index (χ0) is 15.2. The van der Waals surface area contributed by atoms with Gasteiger partial charge in [0, 0.05) is 23.5 Å². The van der Waals surface area contributed by atoms with E-state index in [1.165, 1.54) is 16.9 Å². The highest BCUT2D eigenvalue weighted by molar-refractivity contribution is 7.15. The molecule has 0 spiro atoms. The molecule has 0 saturated heterocycles. The Morgan fingerprint density at radius 1 is 1.29 bits per heavy atom. The Labute approximate surface area is 127 Å². The van der Waals surface area contributed by atoms with Gasteiger partial charge >= 0.3 is 5.00 Å². The molecule has 0 bridgehead atoms. The van der Waals surface area contributed by atoms with Crippen molar-refractivity contribution >= 4 is 16.3 Å². The summed E-state index contributed by atoms with van der Waals surface area (Å²) >= 11 is 1.21. The molecule has 112 valence electrons. The van der Waals surface area contributed by atoms with Crippen LogP contribution in [0.3, 0.4) is 0 Å². The number of hydrogen-bond acceptors (Lipinski definition) is 5. The molecule has 0 aliphatic carbocycles. The van der Waals surface area contributed by atoms with Crippen molar-refractivity contribution in [1.29, 1.82) is 0 Å². The molecule has 1 aromatic carbocycles. The Kier molecular flexibility index (Phi) is 5.30. The minimum absolute atomic E-state index is 0.184. The molecular weight excluding hydrogens is 288 g/mol. The highest BCUT2D eigenvalue weighted by atomic mass is 32.1. The first-order valence-corrected chi connectivity index (χ1v) is 7.60. The van der Waals surface area contributed by atoms with E-state index in [4.69, 9.17) is 0 Å². The second-order valence-electron chi connectivity index (χ2n) is 4.98. The van der Waals surface area contributed by atoms with Gasteiger partial charge in [0.05, 0.1) is 4.92 Å². The van der Waals surface area contributed by atoms with Gasteiger partial charge in [-0.2, -0.15) is 0 Å². The number of aromatic hydroxyl groups is 1. The zero-order valence-electron chi connectivity index (χ0n) is 11.8. The first-order valence-electron chi connectivity index (χ1n) is 6.79. The third kappa shape index (κ3) is 4.84. The standard InChI is InChI=1S/C15H18N2O3S/c1-11(2-3-12-4-6-13(18)7-5-12)16-10-14-8-9-15(21-14)17(19)20/h4-9,11,16,18H,2-3,10H2,1H3. The van der Waals surface area contributed by atoms with E-state index in [-0.39, 0.29) is 15.7 Å². The van der Waals surface area contributed by atoms with Crippen LogP contribution in [0.15, 0.2) is 36.4 Å². The van der Waals surface area contributed by atoms with Crippen LogP contribution in [-0.2, 0) is 13.0 Å². The lowest BCUT2D eigenvalue weighted by atomic mass is 10.1. The van der Waals surface area contributed by atoms with Gasteiger partial charge in [-0.05, 0) is 43.5 Å². The number of nitrogens with zero attached hydrogens (tertiary/aromatic N) is 1. The molecule has 0 amide bonds. The largest absolute Gasteiger partial charge is 0.508 e. The van der Waals surface area contributed by atoms with E-state index in [9.17, 15) is 15.2 Å². The van der Waals surface area contributed by atoms with Crippen molar-refractivity contribution in [3.05, 3.63) is 57.0 Å². The highest BCUT2D eigenvalue weighted by Gasteiger charge is 2.10. The van der Waals surface area contributed by atoms with Crippen LogP contribution in [-0.4, -0.2) is 16.1 Å². The van der Waals surface area contributed by atoms with Crippen LogP contribution in [0.5, 0.6) is 5.75 Å². The summed E-state index contributed by atoms with van der Waals surface area (Å²) in [7, 11) is 0. The molecule has 1 aromatic heterocycles. The van der Waals surface area contributed by atoms with E-state index in [0.717, 1.165) is 17.7 Å². The third-order valence-corrected chi connectivity index (χ3v) is 4.29. The quantitative estimate of drug-likeness (QED) is 0.606. The summed E-state index contributed by atoms with van der Waals surface area (Å²) in [4.78, 5) is 11.2. The van der Waals surface area contributed by atoms with Crippen molar-refractivity contribution in [2.24, 2.45) is 0 Å². The molecule has 0 aliphatic heterocycles. The van der Waals surface area contributed by atoms with Crippen molar-refractivity contribution < 1.29 is 10.0 Å². The predicted octanol–water partition coefficient (Wildman–Crippen LogP) is 3.47. The van der Waals surface area contributed by atoms with Crippen LogP contribution in [0.1, 0.15) is 23.8 Å². The molecular formula is C15H18N2O3S. The summed E-state index contributed by atoms with van der Waals surface area (Å²) in [5.41, 5.74) is 1.19. The van der Waals surface area contributed by atoms with E-state index in [1.54, 1.807) is 24.3 Å². The number of thiophene rings is 1. The number of aryl methyl sites for hydroxylation is 1. The lowest BCUT2D eigenvalue weighted by molar-refractivity contribution is -0.380. The fraction of sp³-hybridized carbons (Fsp3) is 0.333. The summed E-state index contributed by atoms with van der Waals surface area (Å²) in [5.74, 6) is 0.282. The van der Waals surface area contributed by atoms with Gasteiger partial charge in [-0.1, -0.05) is 23.5 Å². The number of phenolic OH excluding ortho intramolecular Hbond substituents is 1. The van der Waals surface area contributed by atoms with Crippen LogP contribution < -0.4 is 5.32 Å². The lowest BCUT2D eigenvalue weighted by Gasteiger charge is -2.13. The molecule has 1 atom stereocenters. The average molecular weight is 306 g/mol. The van der Waals surface area contributed by atoms with Crippen LogP contribution in [0.4, 0.5) is 5.00 Å². The number of rotatable bonds is 7. The number of benzene rings is 1. The molecule has 2 rings (SSSR count). The maximum atomic E-state index is 10.6. The molecule has 1 heterocycles. The molecule has 0 fully saturated rings. The fourth-order valence-electron chi connectivity index (χ4n) is 1.98. The lowest BCUT2D eigenvalue weighted by Crippen LogP contribution is -2.25. The van der Waals surface area contributed by atoms with Gasteiger partial charge in [0.1, 0.15) is 5.75 Å². The average Bonchev–Trinajstić information content (AvgIpc) is 2.93. The molecule has 0 aliphatic rings.